The molecule has 0 atom stereocenters. The quantitative estimate of drug-likeness (QED) is 0.707. The van der Waals surface area contributed by atoms with E-state index in [9.17, 15) is 13.2 Å². The molecule has 0 saturated carbocycles. The molecule has 3 nitrogen and oxygen atoms in total. The van der Waals surface area contributed by atoms with Crippen LogP contribution in [-0.4, -0.2) is 16.6 Å². The predicted molar refractivity (Wildman–Crippen MR) is 46.1 cm³/mol. The summed E-state index contributed by atoms with van der Waals surface area (Å²) in [6.07, 6.45) is 0.386. The fraction of sp³-hybridized carbons (Fsp3) is 0.333. The molecule has 0 fully saturated rings. The van der Waals surface area contributed by atoms with Crippen LogP contribution < -0.4 is 4.74 Å². The van der Waals surface area contributed by atoms with Crippen LogP contribution in [0, 0.1) is 19.3 Å². The summed E-state index contributed by atoms with van der Waals surface area (Å²) < 4.78 is 41.6. The molecule has 0 aliphatic heterocycles. The van der Waals surface area contributed by atoms with Gasteiger partial charge in [-0.15, -0.1) is 6.42 Å². The fourth-order valence-electron chi connectivity index (χ4n) is 0.875. The Bertz CT molecular complexity index is 395. The Kier molecular flexibility index (Phi) is 3.14. The van der Waals surface area contributed by atoms with E-state index in [1.54, 1.807) is 0 Å². The van der Waals surface area contributed by atoms with Crippen molar-refractivity contribution in [2.24, 2.45) is 0 Å². The molecule has 0 amide bonds. The van der Waals surface area contributed by atoms with Gasteiger partial charge in [0.1, 0.15) is 5.82 Å². The van der Waals surface area contributed by atoms with Gasteiger partial charge in [0, 0.05) is 6.07 Å². The molecule has 0 saturated heterocycles. The lowest BCUT2D eigenvalue weighted by Gasteiger charge is -2.08. The summed E-state index contributed by atoms with van der Waals surface area (Å²) in [4.78, 5) is 6.90. The second kappa shape index (κ2) is 4.17. The standard InChI is InChI=1S/C9H7F3N2O/c1-3-4-15-8-5-7(9(10,11)12)13-6(2)14-8/h1,5H,4H2,2H3. The number of halogens is 3. The molecule has 15 heavy (non-hydrogen) atoms. The Morgan fingerprint density at radius 2 is 2.13 bits per heavy atom. The van der Waals surface area contributed by atoms with Gasteiger partial charge in [-0.1, -0.05) is 5.92 Å². The van der Waals surface area contributed by atoms with Gasteiger partial charge in [0.25, 0.3) is 0 Å². The van der Waals surface area contributed by atoms with Gasteiger partial charge in [-0.05, 0) is 6.92 Å². The molecule has 1 rings (SSSR count). The van der Waals surface area contributed by atoms with Gasteiger partial charge in [-0.3, -0.25) is 0 Å². The minimum absolute atomic E-state index is 0.0168. The van der Waals surface area contributed by atoms with Gasteiger partial charge < -0.3 is 4.74 Å². The molecule has 6 heteroatoms. The number of rotatable bonds is 2. The largest absolute Gasteiger partial charge is 0.464 e. The molecule has 0 unspecified atom stereocenters. The second-order valence-corrected chi connectivity index (χ2v) is 2.63. The third-order valence-electron chi connectivity index (χ3n) is 1.41. The third kappa shape index (κ3) is 3.13. The highest BCUT2D eigenvalue weighted by Gasteiger charge is 2.33. The van der Waals surface area contributed by atoms with Crippen molar-refractivity contribution in [2.75, 3.05) is 6.61 Å². The van der Waals surface area contributed by atoms with Gasteiger partial charge in [0.15, 0.2) is 12.3 Å². The molecule has 0 N–H and O–H groups in total. The molecule has 1 aromatic rings. The number of aromatic nitrogens is 2. The molecular formula is C9H7F3N2O. The van der Waals surface area contributed by atoms with Crippen LogP contribution in [0.4, 0.5) is 13.2 Å². The molecule has 0 radical (unpaired) electrons. The van der Waals surface area contributed by atoms with E-state index < -0.39 is 11.9 Å². The van der Waals surface area contributed by atoms with Crippen LogP contribution in [-0.2, 0) is 6.18 Å². The van der Waals surface area contributed by atoms with Crippen molar-refractivity contribution in [1.82, 2.24) is 9.97 Å². The molecule has 0 aliphatic rings. The van der Waals surface area contributed by atoms with Gasteiger partial charge in [0.05, 0.1) is 0 Å². The minimum Gasteiger partial charge on any atom is -0.464 e. The highest BCUT2D eigenvalue weighted by molar-refractivity contribution is 5.18. The van der Waals surface area contributed by atoms with Gasteiger partial charge in [-0.2, -0.15) is 18.2 Å². The normalized spacial score (nSPS) is 10.9. The Morgan fingerprint density at radius 3 is 2.67 bits per heavy atom. The number of ether oxygens (including phenoxy) is 1. The number of hydrogen-bond donors (Lipinski definition) is 0. The van der Waals surface area contributed by atoms with Gasteiger partial charge >= 0.3 is 6.18 Å². The summed E-state index contributed by atoms with van der Waals surface area (Å²) >= 11 is 0. The summed E-state index contributed by atoms with van der Waals surface area (Å²) in [6.45, 7) is 1.21. The number of alkyl halides is 3. The van der Waals surface area contributed by atoms with Crippen molar-refractivity contribution in [3.8, 4) is 18.2 Å². The van der Waals surface area contributed by atoms with Crippen molar-refractivity contribution in [1.29, 1.82) is 0 Å². The lowest BCUT2D eigenvalue weighted by Crippen LogP contribution is -2.11. The average molecular weight is 216 g/mol. The van der Waals surface area contributed by atoms with Gasteiger partial charge in [0.2, 0.25) is 5.88 Å². The zero-order valence-electron chi connectivity index (χ0n) is 7.80. The van der Waals surface area contributed by atoms with E-state index in [4.69, 9.17) is 11.2 Å². The SMILES string of the molecule is C#CCOc1cc(C(F)(F)F)nc(C)n1. The van der Waals surface area contributed by atoms with Crippen LogP contribution >= 0.6 is 0 Å². The number of terminal acetylenes is 1. The van der Waals surface area contributed by atoms with Crippen molar-refractivity contribution in [3.05, 3.63) is 17.6 Å². The van der Waals surface area contributed by atoms with E-state index in [0.29, 0.717) is 6.07 Å². The topological polar surface area (TPSA) is 35.0 Å². The van der Waals surface area contributed by atoms with Crippen LogP contribution in [0.1, 0.15) is 11.5 Å². The van der Waals surface area contributed by atoms with Crippen LogP contribution in [0.2, 0.25) is 0 Å². The maximum Gasteiger partial charge on any atom is 0.433 e. The Morgan fingerprint density at radius 1 is 1.47 bits per heavy atom. The van der Waals surface area contributed by atoms with E-state index in [0.717, 1.165) is 0 Å². The fourth-order valence-corrected chi connectivity index (χ4v) is 0.875. The molecule has 0 aromatic carbocycles. The lowest BCUT2D eigenvalue weighted by molar-refractivity contribution is -0.141. The Labute approximate surface area is 84.3 Å². The van der Waals surface area contributed by atoms with Crippen LogP contribution in [0.15, 0.2) is 6.07 Å². The summed E-state index contributed by atoms with van der Waals surface area (Å²) in [5, 5.41) is 0. The summed E-state index contributed by atoms with van der Waals surface area (Å²) in [5.41, 5.74) is -1.04. The smallest absolute Gasteiger partial charge is 0.433 e. The van der Waals surface area contributed by atoms with Crippen LogP contribution in [0.3, 0.4) is 0 Å². The second-order valence-electron chi connectivity index (χ2n) is 2.63. The first-order valence-electron chi connectivity index (χ1n) is 3.92. The van der Waals surface area contributed by atoms with E-state index in [-0.39, 0.29) is 18.3 Å². The number of aryl methyl sites for hydroxylation is 1. The molecule has 0 aliphatic carbocycles. The van der Waals surface area contributed by atoms with Crippen molar-refractivity contribution in [3.63, 3.8) is 0 Å². The van der Waals surface area contributed by atoms with E-state index in [1.165, 1.54) is 6.92 Å². The van der Waals surface area contributed by atoms with Crippen LogP contribution in [0.25, 0.3) is 0 Å². The summed E-state index contributed by atoms with van der Waals surface area (Å²) in [7, 11) is 0. The van der Waals surface area contributed by atoms with Crippen molar-refractivity contribution < 1.29 is 17.9 Å². The average Bonchev–Trinajstić information content (AvgIpc) is 2.12. The van der Waals surface area contributed by atoms with Crippen molar-refractivity contribution in [2.45, 2.75) is 13.1 Å². The molecule has 0 spiro atoms. The third-order valence-corrected chi connectivity index (χ3v) is 1.41. The van der Waals surface area contributed by atoms with E-state index in [1.807, 2.05) is 0 Å². The summed E-state index contributed by atoms with van der Waals surface area (Å²) in [5.74, 6) is 1.94. The zero-order valence-corrected chi connectivity index (χ0v) is 7.80. The molecular weight excluding hydrogens is 209 g/mol. The molecule has 1 aromatic heterocycles. The first-order chi connectivity index (χ1) is 6.93. The number of nitrogens with zero attached hydrogens (tertiary/aromatic N) is 2. The van der Waals surface area contributed by atoms with E-state index >= 15 is 0 Å². The highest BCUT2D eigenvalue weighted by atomic mass is 19.4. The first kappa shape index (κ1) is 11.3. The first-order valence-corrected chi connectivity index (χ1v) is 3.92. The molecule has 80 valence electrons. The van der Waals surface area contributed by atoms with Crippen molar-refractivity contribution >= 4 is 0 Å². The van der Waals surface area contributed by atoms with Crippen LogP contribution in [0.5, 0.6) is 5.88 Å². The molecule has 0 bridgehead atoms. The predicted octanol–water partition coefficient (Wildman–Crippen LogP) is 1.82. The molecule has 1 heterocycles. The lowest BCUT2D eigenvalue weighted by atomic mass is 10.4. The monoisotopic (exact) mass is 216 g/mol. The zero-order chi connectivity index (χ0) is 11.5. The Balaban J connectivity index is 3.01. The maximum absolute atomic E-state index is 12.3. The summed E-state index contributed by atoms with van der Waals surface area (Å²) in [6, 6.07) is 0.713. The highest BCUT2D eigenvalue weighted by Crippen LogP contribution is 2.29. The van der Waals surface area contributed by atoms with Gasteiger partial charge in [-0.25, -0.2) is 4.98 Å². The Hall–Kier alpha value is -1.77. The minimum atomic E-state index is -4.51. The number of hydrogen-bond acceptors (Lipinski definition) is 3. The van der Waals surface area contributed by atoms with E-state index in [2.05, 4.69) is 15.9 Å². The maximum atomic E-state index is 12.3.